The van der Waals surface area contributed by atoms with E-state index in [1.54, 1.807) is 54.6 Å². The zero-order chi connectivity index (χ0) is 21.5. The summed E-state index contributed by atoms with van der Waals surface area (Å²) in [7, 11) is 0. The van der Waals surface area contributed by atoms with E-state index in [2.05, 4.69) is 27.9 Å². The molecule has 148 valence electrons. The number of nitriles is 1. The Balaban J connectivity index is 1.68. The maximum atomic E-state index is 12.3. The zero-order valence-electron chi connectivity index (χ0n) is 15.4. The van der Waals surface area contributed by atoms with Gasteiger partial charge in [-0.05, 0) is 88.8 Å². The summed E-state index contributed by atoms with van der Waals surface area (Å²) in [6.07, 6.45) is 1.46. The number of halogens is 2. The number of hydrogen-bond donors (Lipinski definition) is 1. The SMILES string of the molecule is N#C/C(=C/c1ccc(OC(=O)c2cccc(Cl)c2)cc1)C(=O)Nc1ccc(I)cc1. The molecule has 1 amide bonds. The van der Waals surface area contributed by atoms with Crippen LogP contribution in [0, 0.1) is 14.9 Å². The third-order valence-electron chi connectivity index (χ3n) is 3.93. The van der Waals surface area contributed by atoms with Crippen LogP contribution in [0.5, 0.6) is 5.75 Å². The highest BCUT2D eigenvalue weighted by atomic mass is 127. The van der Waals surface area contributed by atoms with Crippen molar-refractivity contribution in [3.8, 4) is 11.8 Å². The molecule has 0 saturated carbocycles. The van der Waals surface area contributed by atoms with E-state index in [0.717, 1.165) is 3.57 Å². The van der Waals surface area contributed by atoms with Crippen LogP contribution in [0.3, 0.4) is 0 Å². The van der Waals surface area contributed by atoms with Gasteiger partial charge in [-0.1, -0.05) is 29.8 Å². The number of nitrogens with zero attached hydrogens (tertiary/aromatic N) is 1. The van der Waals surface area contributed by atoms with E-state index in [4.69, 9.17) is 16.3 Å². The van der Waals surface area contributed by atoms with Crippen LogP contribution in [0.4, 0.5) is 5.69 Å². The third kappa shape index (κ3) is 5.92. The van der Waals surface area contributed by atoms with Crippen LogP contribution < -0.4 is 10.1 Å². The molecule has 1 N–H and O–H groups in total. The average molecular weight is 529 g/mol. The van der Waals surface area contributed by atoms with Gasteiger partial charge in [0.15, 0.2) is 0 Å². The molecule has 3 aromatic carbocycles. The quantitative estimate of drug-likeness (QED) is 0.151. The summed E-state index contributed by atoms with van der Waals surface area (Å²) in [6.45, 7) is 0. The highest BCUT2D eigenvalue weighted by Crippen LogP contribution is 2.18. The van der Waals surface area contributed by atoms with Crippen molar-refractivity contribution in [1.82, 2.24) is 0 Å². The third-order valence-corrected chi connectivity index (χ3v) is 4.88. The second-order valence-corrected chi connectivity index (χ2v) is 7.78. The van der Waals surface area contributed by atoms with Crippen LogP contribution in [0.1, 0.15) is 15.9 Å². The number of nitrogens with one attached hydrogen (secondary N) is 1. The number of anilines is 1. The van der Waals surface area contributed by atoms with Gasteiger partial charge in [-0.3, -0.25) is 4.79 Å². The minimum Gasteiger partial charge on any atom is -0.423 e. The normalized spacial score (nSPS) is 10.8. The van der Waals surface area contributed by atoms with E-state index in [1.807, 2.05) is 18.2 Å². The number of carbonyl (C=O) groups is 2. The van der Waals surface area contributed by atoms with Gasteiger partial charge < -0.3 is 10.1 Å². The van der Waals surface area contributed by atoms with Crippen molar-refractivity contribution in [3.05, 3.63) is 98.1 Å². The first kappa shape index (κ1) is 21.6. The summed E-state index contributed by atoms with van der Waals surface area (Å²) in [5.74, 6) is -0.704. The standard InChI is InChI=1S/C23H14ClIN2O3/c24-18-3-1-2-16(13-18)23(29)30-21-10-4-15(5-11-21)12-17(14-26)22(28)27-20-8-6-19(25)7-9-20/h1-13H,(H,27,28)/b17-12-. The molecule has 0 aromatic heterocycles. The maximum absolute atomic E-state index is 12.3. The fourth-order valence-electron chi connectivity index (χ4n) is 2.46. The zero-order valence-corrected chi connectivity index (χ0v) is 18.3. The van der Waals surface area contributed by atoms with Crippen LogP contribution in [-0.4, -0.2) is 11.9 Å². The second-order valence-electron chi connectivity index (χ2n) is 6.10. The van der Waals surface area contributed by atoms with Gasteiger partial charge >= 0.3 is 5.97 Å². The molecular formula is C23H14ClIN2O3. The van der Waals surface area contributed by atoms with E-state index >= 15 is 0 Å². The Morgan fingerprint density at radius 2 is 1.73 bits per heavy atom. The second kappa shape index (κ2) is 10.1. The summed E-state index contributed by atoms with van der Waals surface area (Å²) in [5.41, 5.74) is 1.51. The smallest absolute Gasteiger partial charge is 0.343 e. The van der Waals surface area contributed by atoms with Gasteiger partial charge in [0, 0.05) is 14.3 Å². The number of benzene rings is 3. The molecule has 0 aliphatic heterocycles. The van der Waals surface area contributed by atoms with Gasteiger partial charge in [0.2, 0.25) is 0 Å². The lowest BCUT2D eigenvalue weighted by Crippen LogP contribution is -2.13. The molecule has 7 heteroatoms. The van der Waals surface area contributed by atoms with Crippen molar-refractivity contribution in [2.45, 2.75) is 0 Å². The molecule has 3 rings (SSSR count). The van der Waals surface area contributed by atoms with Crippen LogP contribution >= 0.6 is 34.2 Å². The van der Waals surface area contributed by atoms with Crippen LogP contribution in [-0.2, 0) is 4.79 Å². The molecule has 0 aliphatic rings. The number of hydrogen-bond acceptors (Lipinski definition) is 4. The van der Waals surface area contributed by atoms with Crippen molar-refractivity contribution < 1.29 is 14.3 Å². The van der Waals surface area contributed by atoms with E-state index in [-0.39, 0.29) is 5.57 Å². The van der Waals surface area contributed by atoms with Crippen molar-refractivity contribution in [2.24, 2.45) is 0 Å². The van der Waals surface area contributed by atoms with Gasteiger partial charge in [0.25, 0.3) is 5.91 Å². The fraction of sp³-hybridized carbons (Fsp3) is 0. The molecule has 0 aliphatic carbocycles. The van der Waals surface area contributed by atoms with E-state index in [0.29, 0.717) is 27.6 Å². The Hall–Kier alpha value is -3.15. The summed E-state index contributed by atoms with van der Waals surface area (Å²) >= 11 is 8.05. The first-order valence-electron chi connectivity index (χ1n) is 8.71. The molecule has 0 radical (unpaired) electrons. The number of amides is 1. The lowest BCUT2D eigenvalue weighted by atomic mass is 10.1. The van der Waals surface area contributed by atoms with E-state index in [9.17, 15) is 14.9 Å². The number of carbonyl (C=O) groups excluding carboxylic acids is 2. The molecule has 3 aromatic rings. The fourth-order valence-corrected chi connectivity index (χ4v) is 3.01. The van der Waals surface area contributed by atoms with Crippen molar-refractivity contribution in [2.75, 3.05) is 5.32 Å². The minimum absolute atomic E-state index is 0.0442. The van der Waals surface area contributed by atoms with Crippen LogP contribution in [0.2, 0.25) is 5.02 Å². The summed E-state index contributed by atoms with van der Waals surface area (Å²) in [6, 6.07) is 22.1. The van der Waals surface area contributed by atoms with Crippen LogP contribution in [0.25, 0.3) is 6.08 Å². The Bertz CT molecular complexity index is 1150. The summed E-state index contributed by atoms with van der Waals surface area (Å²) in [5, 5.41) is 12.5. The average Bonchev–Trinajstić information content (AvgIpc) is 2.74. The maximum Gasteiger partial charge on any atom is 0.343 e. The van der Waals surface area contributed by atoms with Crippen LogP contribution in [0.15, 0.2) is 78.4 Å². The first-order valence-corrected chi connectivity index (χ1v) is 10.2. The lowest BCUT2D eigenvalue weighted by Gasteiger charge is -2.06. The topological polar surface area (TPSA) is 79.2 Å². The van der Waals surface area contributed by atoms with Gasteiger partial charge in [-0.25, -0.2) is 4.79 Å². The molecule has 0 heterocycles. The lowest BCUT2D eigenvalue weighted by molar-refractivity contribution is -0.112. The minimum atomic E-state index is -0.532. The van der Waals surface area contributed by atoms with Crippen molar-refractivity contribution >= 4 is 57.8 Å². The van der Waals surface area contributed by atoms with Gasteiger partial charge in [0.05, 0.1) is 5.56 Å². The molecule has 0 bridgehead atoms. The molecule has 0 saturated heterocycles. The highest BCUT2D eigenvalue weighted by Gasteiger charge is 2.11. The molecule has 0 spiro atoms. The Kier molecular flexibility index (Phi) is 7.22. The molecule has 0 atom stereocenters. The monoisotopic (exact) mass is 528 g/mol. The van der Waals surface area contributed by atoms with Gasteiger partial charge in [0.1, 0.15) is 17.4 Å². The summed E-state index contributed by atoms with van der Waals surface area (Å²) < 4.78 is 6.35. The Labute approximate surface area is 192 Å². The molecule has 0 unspecified atom stereocenters. The largest absolute Gasteiger partial charge is 0.423 e. The molecule has 5 nitrogen and oxygen atoms in total. The predicted molar refractivity (Wildman–Crippen MR) is 124 cm³/mol. The number of ether oxygens (including phenoxy) is 1. The molecule has 30 heavy (non-hydrogen) atoms. The number of esters is 1. The van der Waals surface area contributed by atoms with E-state index < -0.39 is 11.9 Å². The Morgan fingerprint density at radius 1 is 1.03 bits per heavy atom. The van der Waals surface area contributed by atoms with Crippen molar-refractivity contribution in [1.29, 1.82) is 5.26 Å². The predicted octanol–water partition coefficient (Wildman–Crippen LogP) is 5.71. The Morgan fingerprint density at radius 3 is 2.37 bits per heavy atom. The number of rotatable bonds is 5. The molecular weight excluding hydrogens is 515 g/mol. The van der Waals surface area contributed by atoms with Gasteiger partial charge in [-0.15, -0.1) is 0 Å². The highest BCUT2D eigenvalue weighted by molar-refractivity contribution is 14.1. The molecule has 0 fully saturated rings. The summed E-state index contributed by atoms with van der Waals surface area (Å²) in [4.78, 5) is 24.5. The van der Waals surface area contributed by atoms with Gasteiger partial charge in [-0.2, -0.15) is 5.26 Å². The van der Waals surface area contributed by atoms with E-state index in [1.165, 1.54) is 12.1 Å². The van der Waals surface area contributed by atoms with Crippen molar-refractivity contribution in [3.63, 3.8) is 0 Å². The first-order chi connectivity index (χ1) is 14.4.